The van der Waals surface area contributed by atoms with Crippen LogP contribution in [0.15, 0.2) is 16.6 Å². The molecule has 1 aromatic rings. The van der Waals surface area contributed by atoms with E-state index in [1.807, 2.05) is 26.0 Å². The number of aryl methyl sites for hydroxylation is 2. The summed E-state index contributed by atoms with van der Waals surface area (Å²) < 4.78 is 0.883. The molecule has 15 heavy (non-hydrogen) atoms. The van der Waals surface area contributed by atoms with Gasteiger partial charge in [0, 0.05) is 10.5 Å². The second-order valence-electron chi connectivity index (χ2n) is 3.68. The largest absolute Gasteiger partial charge is 0.481 e. The highest BCUT2D eigenvalue weighted by Crippen LogP contribution is 2.28. The van der Waals surface area contributed by atoms with Crippen LogP contribution in [-0.2, 0) is 4.79 Å². The van der Waals surface area contributed by atoms with Crippen LogP contribution in [0, 0.1) is 13.8 Å². The lowest BCUT2D eigenvalue weighted by Crippen LogP contribution is -2.16. The van der Waals surface area contributed by atoms with E-state index in [-0.39, 0.29) is 6.42 Å². The molecule has 3 nitrogen and oxygen atoms in total. The Kier molecular flexibility index (Phi) is 3.88. The van der Waals surface area contributed by atoms with Gasteiger partial charge in [0.15, 0.2) is 0 Å². The molecule has 0 bridgehead atoms. The van der Waals surface area contributed by atoms with E-state index >= 15 is 0 Å². The van der Waals surface area contributed by atoms with Crippen molar-refractivity contribution in [3.63, 3.8) is 0 Å². The molecule has 0 heterocycles. The van der Waals surface area contributed by atoms with E-state index in [9.17, 15) is 4.79 Å². The lowest BCUT2D eigenvalue weighted by Gasteiger charge is -2.15. The minimum absolute atomic E-state index is 0.0531. The Morgan fingerprint density at radius 2 is 2.13 bits per heavy atom. The Morgan fingerprint density at radius 1 is 1.53 bits per heavy atom. The van der Waals surface area contributed by atoms with Crippen molar-refractivity contribution in [2.45, 2.75) is 26.3 Å². The van der Waals surface area contributed by atoms with Gasteiger partial charge < -0.3 is 10.8 Å². The molecule has 0 aliphatic carbocycles. The van der Waals surface area contributed by atoms with Crippen LogP contribution in [0.5, 0.6) is 0 Å². The zero-order valence-electron chi connectivity index (χ0n) is 8.75. The van der Waals surface area contributed by atoms with E-state index in [4.69, 9.17) is 10.8 Å². The third kappa shape index (κ3) is 3.04. The van der Waals surface area contributed by atoms with Gasteiger partial charge in [-0.2, -0.15) is 0 Å². The Balaban J connectivity index is 3.08. The third-order valence-electron chi connectivity index (χ3n) is 2.25. The molecular formula is C11H14BrNO2. The molecule has 0 saturated heterocycles. The second kappa shape index (κ2) is 4.77. The first kappa shape index (κ1) is 12.2. The van der Waals surface area contributed by atoms with Crippen LogP contribution in [0.4, 0.5) is 0 Å². The quantitative estimate of drug-likeness (QED) is 0.888. The van der Waals surface area contributed by atoms with Crippen molar-refractivity contribution in [2.75, 3.05) is 0 Å². The van der Waals surface area contributed by atoms with Crippen molar-refractivity contribution >= 4 is 21.9 Å². The number of carboxylic acids is 1. The summed E-state index contributed by atoms with van der Waals surface area (Å²) in [6.07, 6.45) is -0.0531. The first-order valence-electron chi connectivity index (χ1n) is 4.66. The average Bonchev–Trinajstić information content (AvgIpc) is 1.99. The van der Waals surface area contributed by atoms with Gasteiger partial charge in [-0.25, -0.2) is 0 Å². The number of carboxylic acid groups (broad SMARTS) is 1. The normalized spacial score (nSPS) is 12.5. The number of halogens is 1. The average molecular weight is 272 g/mol. The van der Waals surface area contributed by atoms with E-state index < -0.39 is 12.0 Å². The summed E-state index contributed by atoms with van der Waals surface area (Å²) in [6.45, 7) is 3.93. The molecule has 0 aromatic heterocycles. The van der Waals surface area contributed by atoms with E-state index in [1.165, 1.54) is 0 Å². The second-order valence-corrected chi connectivity index (χ2v) is 4.54. The van der Waals surface area contributed by atoms with Crippen molar-refractivity contribution in [3.05, 3.63) is 33.3 Å². The van der Waals surface area contributed by atoms with Crippen molar-refractivity contribution < 1.29 is 9.90 Å². The van der Waals surface area contributed by atoms with Crippen LogP contribution in [0.1, 0.15) is 29.2 Å². The zero-order valence-corrected chi connectivity index (χ0v) is 10.3. The van der Waals surface area contributed by atoms with E-state index in [1.54, 1.807) is 0 Å². The molecule has 3 N–H and O–H groups in total. The minimum atomic E-state index is -0.880. The Labute approximate surface area is 97.4 Å². The predicted molar refractivity (Wildman–Crippen MR) is 62.8 cm³/mol. The van der Waals surface area contributed by atoms with Gasteiger partial charge in [0.2, 0.25) is 0 Å². The number of hydrogen-bond acceptors (Lipinski definition) is 2. The van der Waals surface area contributed by atoms with Gasteiger partial charge in [-0.15, -0.1) is 0 Å². The van der Waals surface area contributed by atoms with Gasteiger partial charge in [0.25, 0.3) is 0 Å². The maximum atomic E-state index is 10.6. The molecule has 1 unspecified atom stereocenters. The molecule has 0 radical (unpaired) electrons. The highest BCUT2D eigenvalue weighted by Gasteiger charge is 2.16. The highest BCUT2D eigenvalue weighted by atomic mass is 79.9. The lowest BCUT2D eigenvalue weighted by atomic mass is 9.98. The number of rotatable bonds is 3. The molecular weight excluding hydrogens is 258 g/mol. The lowest BCUT2D eigenvalue weighted by molar-refractivity contribution is -0.137. The van der Waals surface area contributed by atoms with Crippen molar-refractivity contribution in [3.8, 4) is 0 Å². The molecule has 1 aromatic carbocycles. The summed E-state index contributed by atoms with van der Waals surface area (Å²) in [4.78, 5) is 10.6. The molecule has 0 fully saturated rings. The molecule has 0 saturated carbocycles. The molecule has 0 spiro atoms. The van der Waals surface area contributed by atoms with Gasteiger partial charge in [-0.3, -0.25) is 4.79 Å². The fraction of sp³-hybridized carbons (Fsp3) is 0.364. The van der Waals surface area contributed by atoms with Gasteiger partial charge >= 0.3 is 5.97 Å². The maximum Gasteiger partial charge on any atom is 0.305 e. The van der Waals surface area contributed by atoms with Crippen LogP contribution in [0.25, 0.3) is 0 Å². The number of hydrogen-bond donors (Lipinski definition) is 2. The van der Waals surface area contributed by atoms with Crippen molar-refractivity contribution in [1.29, 1.82) is 0 Å². The summed E-state index contributed by atoms with van der Waals surface area (Å²) in [7, 11) is 0. The summed E-state index contributed by atoms with van der Waals surface area (Å²) in [6, 6.07) is 3.49. The fourth-order valence-electron chi connectivity index (χ4n) is 1.69. The smallest absolute Gasteiger partial charge is 0.305 e. The maximum absolute atomic E-state index is 10.6. The molecule has 1 atom stereocenters. The number of aliphatic carboxylic acids is 1. The van der Waals surface area contributed by atoms with E-state index in [0.29, 0.717) is 0 Å². The summed E-state index contributed by atoms with van der Waals surface area (Å²) >= 11 is 3.42. The van der Waals surface area contributed by atoms with E-state index in [0.717, 1.165) is 21.2 Å². The Hall–Kier alpha value is -0.870. The molecule has 0 aliphatic heterocycles. The summed E-state index contributed by atoms with van der Waals surface area (Å²) in [5.41, 5.74) is 8.87. The minimum Gasteiger partial charge on any atom is -0.481 e. The number of carbonyl (C=O) groups is 1. The first-order valence-corrected chi connectivity index (χ1v) is 5.45. The monoisotopic (exact) mass is 271 g/mol. The van der Waals surface area contributed by atoms with Gasteiger partial charge in [-0.05, 0) is 36.6 Å². The Bertz CT molecular complexity index is 367. The van der Waals surface area contributed by atoms with Crippen molar-refractivity contribution in [1.82, 2.24) is 0 Å². The first-order chi connectivity index (χ1) is 6.91. The van der Waals surface area contributed by atoms with Gasteiger partial charge in [-0.1, -0.05) is 22.0 Å². The summed E-state index contributed by atoms with van der Waals surface area (Å²) in [5.74, 6) is -0.880. The zero-order chi connectivity index (χ0) is 11.6. The number of nitrogens with two attached hydrogens (primary N) is 1. The predicted octanol–water partition coefficient (Wildman–Crippen LogP) is 2.54. The molecule has 0 amide bonds. The van der Waals surface area contributed by atoms with Crippen LogP contribution < -0.4 is 5.73 Å². The van der Waals surface area contributed by atoms with Crippen LogP contribution in [0.2, 0.25) is 0 Å². The molecule has 4 heteroatoms. The van der Waals surface area contributed by atoms with E-state index in [2.05, 4.69) is 15.9 Å². The van der Waals surface area contributed by atoms with Crippen LogP contribution >= 0.6 is 15.9 Å². The molecule has 1 rings (SSSR count). The topological polar surface area (TPSA) is 63.3 Å². The summed E-state index contributed by atoms with van der Waals surface area (Å²) in [5, 5.41) is 8.69. The fourth-order valence-corrected chi connectivity index (χ4v) is 2.65. The third-order valence-corrected chi connectivity index (χ3v) is 2.90. The Morgan fingerprint density at radius 3 is 2.60 bits per heavy atom. The van der Waals surface area contributed by atoms with Gasteiger partial charge in [0.1, 0.15) is 0 Å². The number of benzene rings is 1. The van der Waals surface area contributed by atoms with Crippen molar-refractivity contribution in [2.24, 2.45) is 5.73 Å². The van der Waals surface area contributed by atoms with Crippen LogP contribution in [-0.4, -0.2) is 11.1 Å². The molecule has 82 valence electrons. The van der Waals surface area contributed by atoms with Gasteiger partial charge in [0.05, 0.1) is 6.42 Å². The highest BCUT2D eigenvalue weighted by molar-refractivity contribution is 9.10. The molecule has 0 aliphatic rings. The SMILES string of the molecule is Cc1cc(C)c(C(N)CC(=O)O)c(Br)c1. The standard InChI is InChI=1S/C11H14BrNO2/c1-6-3-7(2)11(8(12)4-6)9(13)5-10(14)15/h3-4,9H,5,13H2,1-2H3,(H,14,15). The van der Waals surface area contributed by atoms with Crippen LogP contribution in [0.3, 0.4) is 0 Å².